The SMILES string of the molecule is COc1ccc(CCNC(=O)c2cc(NCc3ccc(Cl)cc3)ncn2)cc1. The maximum absolute atomic E-state index is 12.3. The quantitative estimate of drug-likeness (QED) is 0.606. The molecule has 6 nitrogen and oxygen atoms in total. The molecule has 1 heterocycles. The van der Waals surface area contributed by atoms with Crippen molar-refractivity contribution in [2.45, 2.75) is 13.0 Å². The van der Waals surface area contributed by atoms with Gasteiger partial charge in [0.15, 0.2) is 0 Å². The largest absolute Gasteiger partial charge is 0.497 e. The first-order valence-corrected chi connectivity index (χ1v) is 9.23. The fraction of sp³-hybridized carbons (Fsp3) is 0.190. The van der Waals surface area contributed by atoms with Gasteiger partial charge in [-0.15, -0.1) is 0 Å². The number of carbonyl (C=O) groups is 1. The Bertz CT molecular complexity index is 914. The van der Waals surface area contributed by atoms with Gasteiger partial charge >= 0.3 is 0 Å². The fourth-order valence-electron chi connectivity index (χ4n) is 2.58. The number of halogens is 1. The van der Waals surface area contributed by atoms with E-state index in [-0.39, 0.29) is 5.91 Å². The molecule has 0 unspecified atom stereocenters. The van der Waals surface area contributed by atoms with Gasteiger partial charge < -0.3 is 15.4 Å². The van der Waals surface area contributed by atoms with Crippen LogP contribution in [0.1, 0.15) is 21.6 Å². The number of rotatable bonds is 8. The van der Waals surface area contributed by atoms with E-state index in [2.05, 4.69) is 20.6 Å². The number of hydrogen-bond acceptors (Lipinski definition) is 5. The van der Waals surface area contributed by atoms with Crippen LogP contribution < -0.4 is 15.4 Å². The molecule has 0 spiro atoms. The average Bonchev–Trinajstić information content (AvgIpc) is 2.74. The van der Waals surface area contributed by atoms with Gasteiger partial charge in [-0.1, -0.05) is 35.9 Å². The average molecular weight is 397 g/mol. The number of amides is 1. The third-order valence-electron chi connectivity index (χ3n) is 4.14. The van der Waals surface area contributed by atoms with Crippen molar-refractivity contribution in [1.82, 2.24) is 15.3 Å². The monoisotopic (exact) mass is 396 g/mol. The lowest BCUT2D eigenvalue weighted by atomic mass is 10.1. The predicted molar refractivity (Wildman–Crippen MR) is 110 cm³/mol. The van der Waals surface area contributed by atoms with Crippen LogP contribution >= 0.6 is 11.6 Å². The van der Waals surface area contributed by atoms with Gasteiger partial charge in [-0.2, -0.15) is 0 Å². The van der Waals surface area contributed by atoms with E-state index in [4.69, 9.17) is 16.3 Å². The summed E-state index contributed by atoms with van der Waals surface area (Å²) in [7, 11) is 1.63. The molecule has 0 fully saturated rings. The second-order valence-electron chi connectivity index (χ2n) is 6.12. The number of nitrogens with zero attached hydrogens (tertiary/aromatic N) is 2. The molecule has 0 radical (unpaired) electrons. The van der Waals surface area contributed by atoms with E-state index in [0.717, 1.165) is 23.3 Å². The lowest BCUT2D eigenvalue weighted by Gasteiger charge is -2.08. The number of hydrogen-bond donors (Lipinski definition) is 2. The normalized spacial score (nSPS) is 10.4. The van der Waals surface area contributed by atoms with E-state index < -0.39 is 0 Å². The molecule has 0 bridgehead atoms. The summed E-state index contributed by atoms with van der Waals surface area (Å²) >= 11 is 5.89. The second kappa shape index (κ2) is 9.71. The minimum absolute atomic E-state index is 0.231. The van der Waals surface area contributed by atoms with Crippen molar-refractivity contribution >= 4 is 23.3 Å². The number of methoxy groups -OCH3 is 1. The molecule has 0 aliphatic heterocycles. The molecule has 3 aromatic rings. The van der Waals surface area contributed by atoms with Crippen LogP contribution in [0.4, 0.5) is 5.82 Å². The van der Waals surface area contributed by atoms with Crippen LogP contribution in [0, 0.1) is 0 Å². The minimum atomic E-state index is -0.231. The smallest absolute Gasteiger partial charge is 0.270 e. The number of anilines is 1. The Morgan fingerprint density at radius 2 is 1.75 bits per heavy atom. The molecule has 144 valence electrons. The lowest BCUT2D eigenvalue weighted by molar-refractivity contribution is 0.0949. The number of benzene rings is 2. The van der Waals surface area contributed by atoms with Crippen molar-refractivity contribution < 1.29 is 9.53 Å². The predicted octanol–water partition coefficient (Wildman–Crippen LogP) is 3.72. The Balaban J connectivity index is 1.50. The summed E-state index contributed by atoms with van der Waals surface area (Å²) in [4.78, 5) is 20.6. The van der Waals surface area contributed by atoms with Crippen molar-refractivity contribution in [2.75, 3.05) is 19.0 Å². The van der Waals surface area contributed by atoms with Gasteiger partial charge in [0.1, 0.15) is 23.6 Å². The molecule has 7 heteroatoms. The van der Waals surface area contributed by atoms with Crippen LogP contribution in [0.3, 0.4) is 0 Å². The second-order valence-corrected chi connectivity index (χ2v) is 6.56. The Hall–Kier alpha value is -3.12. The Kier molecular flexibility index (Phi) is 6.81. The van der Waals surface area contributed by atoms with Crippen LogP contribution in [0.5, 0.6) is 5.75 Å². The summed E-state index contributed by atoms with van der Waals surface area (Å²) in [5, 5.41) is 6.76. The number of aromatic nitrogens is 2. The van der Waals surface area contributed by atoms with Crippen LogP contribution in [0.25, 0.3) is 0 Å². The summed E-state index contributed by atoms with van der Waals surface area (Å²) in [5.74, 6) is 1.17. The van der Waals surface area contributed by atoms with Gasteiger partial charge in [0.2, 0.25) is 0 Å². The van der Waals surface area contributed by atoms with Gasteiger partial charge in [-0.3, -0.25) is 4.79 Å². The molecule has 0 aliphatic rings. The molecule has 1 aromatic heterocycles. The molecular formula is C21H21ClN4O2. The zero-order valence-corrected chi connectivity index (χ0v) is 16.2. The molecule has 0 aliphatic carbocycles. The Labute approximate surface area is 168 Å². The highest BCUT2D eigenvalue weighted by Gasteiger charge is 2.08. The molecule has 2 aromatic carbocycles. The first-order valence-electron chi connectivity index (χ1n) is 8.85. The van der Waals surface area contributed by atoms with Gasteiger partial charge in [-0.05, 0) is 41.8 Å². The Morgan fingerprint density at radius 3 is 2.46 bits per heavy atom. The molecule has 3 rings (SSSR count). The molecule has 28 heavy (non-hydrogen) atoms. The van der Waals surface area contributed by atoms with Gasteiger partial charge in [0, 0.05) is 24.2 Å². The maximum Gasteiger partial charge on any atom is 0.270 e. The summed E-state index contributed by atoms with van der Waals surface area (Å²) in [5.41, 5.74) is 2.51. The van der Waals surface area contributed by atoms with E-state index in [1.165, 1.54) is 6.33 Å². The van der Waals surface area contributed by atoms with Crippen molar-refractivity contribution in [1.29, 1.82) is 0 Å². The fourth-order valence-corrected chi connectivity index (χ4v) is 2.70. The van der Waals surface area contributed by atoms with Gasteiger partial charge in [-0.25, -0.2) is 9.97 Å². The number of ether oxygens (including phenoxy) is 1. The zero-order chi connectivity index (χ0) is 19.8. The minimum Gasteiger partial charge on any atom is -0.497 e. The topological polar surface area (TPSA) is 76.1 Å². The number of nitrogens with one attached hydrogen (secondary N) is 2. The molecule has 0 saturated heterocycles. The summed E-state index contributed by atoms with van der Waals surface area (Å²) < 4.78 is 5.14. The molecular weight excluding hydrogens is 376 g/mol. The van der Waals surface area contributed by atoms with E-state index in [0.29, 0.717) is 29.6 Å². The molecule has 0 atom stereocenters. The van der Waals surface area contributed by atoms with Gasteiger partial charge in [0.05, 0.1) is 7.11 Å². The molecule has 2 N–H and O–H groups in total. The van der Waals surface area contributed by atoms with E-state index >= 15 is 0 Å². The third-order valence-corrected chi connectivity index (χ3v) is 4.40. The first-order chi connectivity index (χ1) is 13.6. The third kappa shape index (κ3) is 5.69. The molecule has 1 amide bonds. The first kappa shape index (κ1) is 19.6. The summed E-state index contributed by atoms with van der Waals surface area (Å²) in [6, 6.07) is 16.9. The highest BCUT2D eigenvalue weighted by atomic mass is 35.5. The molecule has 0 saturated carbocycles. The van der Waals surface area contributed by atoms with Crippen molar-refractivity contribution in [2.24, 2.45) is 0 Å². The van der Waals surface area contributed by atoms with E-state index in [1.54, 1.807) is 13.2 Å². The van der Waals surface area contributed by atoms with Gasteiger partial charge in [0.25, 0.3) is 5.91 Å². The standard InChI is InChI=1S/C21H21ClN4O2/c1-28-18-8-4-15(5-9-18)10-11-23-21(27)19-12-20(26-14-25-19)24-13-16-2-6-17(22)7-3-16/h2-9,12,14H,10-11,13H2,1H3,(H,23,27)(H,24,25,26). The lowest BCUT2D eigenvalue weighted by Crippen LogP contribution is -2.26. The Morgan fingerprint density at radius 1 is 1.04 bits per heavy atom. The van der Waals surface area contributed by atoms with E-state index in [1.807, 2.05) is 48.5 Å². The van der Waals surface area contributed by atoms with Crippen molar-refractivity contribution in [3.05, 3.63) is 82.8 Å². The van der Waals surface area contributed by atoms with Crippen LogP contribution in [0.15, 0.2) is 60.9 Å². The van der Waals surface area contributed by atoms with Crippen molar-refractivity contribution in [3.63, 3.8) is 0 Å². The zero-order valence-electron chi connectivity index (χ0n) is 15.5. The van der Waals surface area contributed by atoms with Crippen LogP contribution in [-0.2, 0) is 13.0 Å². The van der Waals surface area contributed by atoms with Crippen LogP contribution in [-0.4, -0.2) is 29.5 Å². The summed E-state index contributed by atoms with van der Waals surface area (Å²) in [6.07, 6.45) is 2.10. The highest BCUT2D eigenvalue weighted by Crippen LogP contribution is 2.13. The highest BCUT2D eigenvalue weighted by molar-refractivity contribution is 6.30. The number of carbonyl (C=O) groups excluding carboxylic acids is 1. The van der Waals surface area contributed by atoms with Crippen LogP contribution in [0.2, 0.25) is 5.02 Å². The maximum atomic E-state index is 12.3. The summed E-state index contributed by atoms with van der Waals surface area (Å²) in [6.45, 7) is 1.09. The van der Waals surface area contributed by atoms with Crippen molar-refractivity contribution in [3.8, 4) is 5.75 Å². The van der Waals surface area contributed by atoms with E-state index in [9.17, 15) is 4.79 Å².